The Hall–Kier alpha value is -3.00. The van der Waals surface area contributed by atoms with Crippen molar-refractivity contribution in [3.05, 3.63) is 36.7 Å². The number of hydrogen-bond acceptors (Lipinski definition) is 6. The first-order chi connectivity index (χ1) is 13.3. The molecule has 0 aromatic carbocycles. The third-order valence-corrected chi connectivity index (χ3v) is 4.89. The first-order valence-corrected chi connectivity index (χ1v) is 9.05. The van der Waals surface area contributed by atoms with Gasteiger partial charge in [0, 0.05) is 36.7 Å². The van der Waals surface area contributed by atoms with Gasteiger partial charge in [0.05, 0.1) is 12.1 Å². The summed E-state index contributed by atoms with van der Waals surface area (Å²) in [6.45, 7) is 2.97. The molecule has 5 rings (SSSR count). The van der Waals surface area contributed by atoms with Gasteiger partial charge in [-0.05, 0) is 31.9 Å². The van der Waals surface area contributed by atoms with Crippen LogP contribution in [0, 0.1) is 6.92 Å². The van der Waals surface area contributed by atoms with Crippen LogP contribution in [-0.2, 0) is 4.74 Å². The maximum absolute atomic E-state index is 5.81. The van der Waals surface area contributed by atoms with Gasteiger partial charge in [-0.15, -0.1) is 0 Å². The largest absolute Gasteiger partial charge is 0.474 e. The summed E-state index contributed by atoms with van der Waals surface area (Å²) in [5, 5.41) is 4.29. The van der Waals surface area contributed by atoms with E-state index in [9.17, 15) is 0 Å². The van der Waals surface area contributed by atoms with Crippen molar-refractivity contribution in [3.8, 4) is 17.0 Å². The van der Waals surface area contributed by atoms with Crippen LogP contribution in [0.25, 0.3) is 27.8 Å². The van der Waals surface area contributed by atoms with E-state index < -0.39 is 0 Å². The summed E-state index contributed by atoms with van der Waals surface area (Å²) < 4.78 is 15.0. The third kappa shape index (κ3) is 2.73. The van der Waals surface area contributed by atoms with E-state index in [4.69, 9.17) is 9.47 Å². The third-order valence-electron chi connectivity index (χ3n) is 4.89. The Bertz CT molecular complexity index is 1130. The average Bonchev–Trinajstić information content (AvgIpc) is 3.31. The smallest absolute Gasteiger partial charge is 0.242 e. The Labute approximate surface area is 155 Å². The molecule has 8 heteroatoms. The molecule has 8 nitrogen and oxygen atoms in total. The summed E-state index contributed by atoms with van der Waals surface area (Å²) in [4.78, 5) is 13.5. The molecule has 0 atom stereocenters. The highest BCUT2D eigenvalue weighted by Gasteiger charge is 2.27. The Morgan fingerprint density at radius 1 is 1.22 bits per heavy atom. The normalized spacial score (nSPS) is 14.3. The van der Waals surface area contributed by atoms with Crippen LogP contribution in [0.15, 0.2) is 30.9 Å². The predicted molar refractivity (Wildman–Crippen MR) is 99.9 cm³/mol. The lowest BCUT2D eigenvalue weighted by Crippen LogP contribution is -2.07. The highest BCUT2D eigenvalue weighted by atomic mass is 16.5. The standard InChI is InChI=1S/C19H20N6O2/c1-12-23-18-16(25(12)14-3-4-14)9-13(10-20-18)15-5-6-24-17(15)19(21-11-22-24)27-8-7-26-2/h5-6,9-11,14H,3-4,7-8H2,1-2H3. The molecular weight excluding hydrogens is 344 g/mol. The number of methoxy groups -OCH3 is 1. The number of nitrogens with zero attached hydrogens (tertiary/aromatic N) is 6. The molecule has 27 heavy (non-hydrogen) atoms. The minimum Gasteiger partial charge on any atom is -0.474 e. The molecule has 0 amide bonds. The van der Waals surface area contributed by atoms with Crippen molar-refractivity contribution in [2.45, 2.75) is 25.8 Å². The second-order valence-corrected chi connectivity index (χ2v) is 6.76. The molecule has 4 aromatic rings. The van der Waals surface area contributed by atoms with Crippen LogP contribution < -0.4 is 4.74 Å². The monoisotopic (exact) mass is 364 g/mol. The van der Waals surface area contributed by atoms with Gasteiger partial charge in [-0.3, -0.25) is 0 Å². The van der Waals surface area contributed by atoms with E-state index in [1.807, 2.05) is 25.4 Å². The molecule has 0 N–H and O–H groups in total. The molecule has 4 aromatic heterocycles. The van der Waals surface area contributed by atoms with E-state index in [0.717, 1.165) is 33.6 Å². The number of hydrogen-bond donors (Lipinski definition) is 0. The quantitative estimate of drug-likeness (QED) is 0.490. The van der Waals surface area contributed by atoms with Crippen molar-refractivity contribution >= 4 is 16.7 Å². The molecule has 138 valence electrons. The fourth-order valence-corrected chi connectivity index (χ4v) is 3.52. The molecule has 1 aliphatic rings. The highest BCUT2D eigenvalue weighted by molar-refractivity contribution is 5.88. The first-order valence-electron chi connectivity index (χ1n) is 9.05. The highest BCUT2D eigenvalue weighted by Crippen LogP contribution is 2.39. The van der Waals surface area contributed by atoms with Gasteiger partial charge in [-0.25, -0.2) is 14.5 Å². The lowest BCUT2D eigenvalue weighted by atomic mass is 10.1. The second kappa shape index (κ2) is 6.31. The van der Waals surface area contributed by atoms with Gasteiger partial charge in [0.2, 0.25) is 5.88 Å². The van der Waals surface area contributed by atoms with Crippen LogP contribution in [0.4, 0.5) is 0 Å². The number of aryl methyl sites for hydroxylation is 1. The second-order valence-electron chi connectivity index (χ2n) is 6.76. The van der Waals surface area contributed by atoms with Crippen molar-refractivity contribution in [2.75, 3.05) is 20.3 Å². The SMILES string of the molecule is COCCOc1ncnn2ccc(-c3cnc4nc(C)n(C5CC5)c4c3)c12. The minimum atomic E-state index is 0.429. The Balaban J connectivity index is 1.63. The number of aromatic nitrogens is 6. The molecular formula is C19H20N6O2. The van der Waals surface area contributed by atoms with Gasteiger partial charge >= 0.3 is 0 Å². The summed E-state index contributed by atoms with van der Waals surface area (Å²) in [5.41, 5.74) is 4.67. The average molecular weight is 364 g/mol. The first kappa shape index (κ1) is 16.2. The summed E-state index contributed by atoms with van der Waals surface area (Å²) in [6.07, 6.45) is 7.66. The number of fused-ring (bicyclic) bond motifs is 2. The van der Waals surface area contributed by atoms with Crippen LogP contribution >= 0.6 is 0 Å². The zero-order valence-corrected chi connectivity index (χ0v) is 15.3. The molecule has 0 unspecified atom stereocenters. The van der Waals surface area contributed by atoms with Gasteiger partial charge < -0.3 is 14.0 Å². The van der Waals surface area contributed by atoms with E-state index in [1.54, 1.807) is 11.6 Å². The maximum Gasteiger partial charge on any atom is 0.242 e. The fraction of sp³-hybridized carbons (Fsp3) is 0.368. The maximum atomic E-state index is 5.81. The van der Waals surface area contributed by atoms with Crippen molar-refractivity contribution in [3.63, 3.8) is 0 Å². The van der Waals surface area contributed by atoms with E-state index in [2.05, 4.69) is 30.7 Å². The molecule has 1 aliphatic carbocycles. The van der Waals surface area contributed by atoms with Gasteiger partial charge in [-0.2, -0.15) is 10.1 Å². The molecule has 0 saturated heterocycles. The topological polar surface area (TPSA) is 79.4 Å². The van der Waals surface area contributed by atoms with Crippen LogP contribution in [0.1, 0.15) is 24.7 Å². The predicted octanol–water partition coefficient (Wildman–Crippen LogP) is 2.81. The number of pyridine rings is 1. The molecule has 4 heterocycles. The zero-order valence-electron chi connectivity index (χ0n) is 15.3. The summed E-state index contributed by atoms with van der Waals surface area (Å²) in [6, 6.07) is 4.72. The van der Waals surface area contributed by atoms with Gasteiger partial charge in [0.25, 0.3) is 0 Å². The van der Waals surface area contributed by atoms with Crippen molar-refractivity contribution in [1.29, 1.82) is 0 Å². The van der Waals surface area contributed by atoms with E-state index in [0.29, 0.717) is 25.1 Å². The summed E-state index contributed by atoms with van der Waals surface area (Å²) in [7, 11) is 1.65. The Morgan fingerprint density at radius 3 is 2.93 bits per heavy atom. The van der Waals surface area contributed by atoms with E-state index >= 15 is 0 Å². The van der Waals surface area contributed by atoms with Crippen LogP contribution in [0.2, 0.25) is 0 Å². The van der Waals surface area contributed by atoms with Crippen molar-refractivity contribution in [1.82, 2.24) is 29.1 Å². The van der Waals surface area contributed by atoms with Crippen LogP contribution in [0.5, 0.6) is 5.88 Å². The summed E-state index contributed by atoms with van der Waals surface area (Å²) >= 11 is 0. The molecule has 1 fully saturated rings. The number of ether oxygens (including phenoxy) is 2. The Kier molecular flexibility index (Phi) is 3.78. The zero-order chi connectivity index (χ0) is 18.4. The lowest BCUT2D eigenvalue weighted by molar-refractivity contribution is 0.144. The molecule has 0 radical (unpaired) electrons. The van der Waals surface area contributed by atoms with Crippen LogP contribution in [0.3, 0.4) is 0 Å². The number of imidazole rings is 1. The molecule has 0 aliphatic heterocycles. The minimum absolute atomic E-state index is 0.429. The number of rotatable bonds is 6. The Morgan fingerprint density at radius 2 is 2.11 bits per heavy atom. The van der Waals surface area contributed by atoms with Gasteiger partial charge in [0.15, 0.2) is 5.65 Å². The summed E-state index contributed by atoms with van der Waals surface area (Å²) in [5.74, 6) is 1.56. The van der Waals surface area contributed by atoms with E-state index in [-0.39, 0.29) is 0 Å². The molecule has 0 spiro atoms. The lowest BCUT2D eigenvalue weighted by Gasteiger charge is -2.08. The fourth-order valence-electron chi connectivity index (χ4n) is 3.52. The molecule has 1 saturated carbocycles. The molecule has 0 bridgehead atoms. The van der Waals surface area contributed by atoms with Crippen LogP contribution in [-0.4, -0.2) is 49.5 Å². The van der Waals surface area contributed by atoms with Crippen molar-refractivity contribution < 1.29 is 9.47 Å². The van der Waals surface area contributed by atoms with Gasteiger partial charge in [-0.1, -0.05) is 0 Å². The van der Waals surface area contributed by atoms with Crippen molar-refractivity contribution in [2.24, 2.45) is 0 Å². The van der Waals surface area contributed by atoms with E-state index in [1.165, 1.54) is 19.2 Å². The van der Waals surface area contributed by atoms with Gasteiger partial charge in [0.1, 0.15) is 24.3 Å².